The summed E-state index contributed by atoms with van der Waals surface area (Å²) in [7, 11) is 0. The van der Waals surface area contributed by atoms with Crippen LogP contribution >= 0.6 is 0 Å². The lowest BCUT2D eigenvalue weighted by Gasteiger charge is -2.25. The van der Waals surface area contributed by atoms with Crippen molar-refractivity contribution in [2.45, 2.75) is 44.2 Å². The Labute approximate surface area is 95.8 Å². The van der Waals surface area contributed by atoms with E-state index >= 15 is 0 Å². The van der Waals surface area contributed by atoms with Crippen molar-refractivity contribution < 1.29 is 4.74 Å². The molecule has 1 aromatic rings. The van der Waals surface area contributed by atoms with Crippen molar-refractivity contribution in [2.75, 3.05) is 13.2 Å². The van der Waals surface area contributed by atoms with E-state index in [2.05, 4.69) is 9.55 Å². The van der Waals surface area contributed by atoms with Crippen LogP contribution in [-0.4, -0.2) is 28.8 Å². The molecule has 0 saturated carbocycles. The van der Waals surface area contributed by atoms with Crippen molar-refractivity contribution >= 4 is 0 Å². The van der Waals surface area contributed by atoms with E-state index in [4.69, 9.17) is 10.5 Å². The molecule has 0 radical (unpaired) electrons. The third-order valence-corrected chi connectivity index (χ3v) is 3.77. The van der Waals surface area contributed by atoms with Gasteiger partial charge in [0.15, 0.2) is 0 Å². The quantitative estimate of drug-likeness (QED) is 0.771. The molecule has 0 amide bonds. The Kier molecular flexibility index (Phi) is 2.69. The minimum absolute atomic E-state index is 0.309. The van der Waals surface area contributed by atoms with E-state index in [1.54, 1.807) is 0 Å². The first-order chi connectivity index (χ1) is 7.84. The van der Waals surface area contributed by atoms with Crippen molar-refractivity contribution in [1.29, 1.82) is 0 Å². The van der Waals surface area contributed by atoms with Crippen LogP contribution in [0.5, 0.6) is 0 Å². The Hall–Kier alpha value is -0.870. The Balaban J connectivity index is 1.85. The molecule has 2 N–H and O–H groups in total. The second-order valence-electron chi connectivity index (χ2n) is 4.91. The zero-order valence-electron chi connectivity index (χ0n) is 9.56. The van der Waals surface area contributed by atoms with Gasteiger partial charge in [0, 0.05) is 37.4 Å². The summed E-state index contributed by atoms with van der Waals surface area (Å²) in [5.74, 6) is 0.610. The highest BCUT2D eigenvalue weighted by Gasteiger charge is 2.25. The summed E-state index contributed by atoms with van der Waals surface area (Å²) < 4.78 is 7.65. The van der Waals surface area contributed by atoms with E-state index in [-0.39, 0.29) is 0 Å². The maximum absolute atomic E-state index is 5.97. The highest BCUT2D eigenvalue weighted by atomic mass is 16.5. The smallest absolute Gasteiger partial charge is 0.0952 e. The van der Waals surface area contributed by atoms with Gasteiger partial charge < -0.3 is 15.0 Å². The van der Waals surface area contributed by atoms with Gasteiger partial charge in [0.1, 0.15) is 0 Å². The van der Waals surface area contributed by atoms with Gasteiger partial charge in [-0.1, -0.05) is 0 Å². The van der Waals surface area contributed by atoms with E-state index in [0.29, 0.717) is 12.0 Å². The number of hydrogen-bond donors (Lipinski definition) is 1. The molecule has 0 aromatic carbocycles. The number of rotatable bonds is 1. The first-order valence-electron chi connectivity index (χ1n) is 6.22. The first-order valence-corrected chi connectivity index (χ1v) is 6.22. The molecule has 1 unspecified atom stereocenters. The molecular weight excluding hydrogens is 202 g/mol. The van der Waals surface area contributed by atoms with Crippen molar-refractivity contribution in [2.24, 2.45) is 5.73 Å². The largest absolute Gasteiger partial charge is 0.381 e. The number of imidazole rings is 1. The van der Waals surface area contributed by atoms with Crippen LogP contribution in [0.1, 0.15) is 36.6 Å². The minimum Gasteiger partial charge on any atom is -0.381 e. The van der Waals surface area contributed by atoms with Crippen molar-refractivity contribution in [3.05, 3.63) is 17.7 Å². The summed E-state index contributed by atoms with van der Waals surface area (Å²) in [6, 6.07) is 0.309. The standard InChI is InChI=1S/C12H19N3O/c13-10-1-2-11-12(14-8-15(11)7-10)9-3-5-16-6-4-9/h8-10H,1-7,13H2. The average Bonchev–Trinajstić information content (AvgIpc) is 2.73. The minimum atomic E-state index is 0.309. The van der Waals surface area contributed by atoms with Gasteiger partial charge in [0.25, 0.3) is 0 Å². The highest BCUT2D eigenvalue weighted by Crippen LogP contribution is 2.30. The van der Waals surface area contributed by atoms with Gasteiger partial charge in [-0.2, -0.15) is 0 Å². The van der Waals surface area contributed by atoms with E-state index in [1.165, 1.54) is 11.4 Å². The molecule has 0 spiro atoms. The fourth-order valence-electron chi connectivity index (χ4n) is 2.83. The lowest BCUT2D eigenvalue weighted by molar-refractivity contribution is 0.0843. The fraction of sp³-hybridized carbons (Fsp3) is 0.750. The maximum atomic E-state index is 5.97. The summed E-state index contributed by atoms with van der Waals surface area (Å²) in [5.41, 5.74) is 8.71. The molecule has 1 atom stereocenters. The molecule has 0 bridgehead atoms. The van der Waals surface area contributed by atoms with E-state index in [0.717, 1.165) is 45.4 Å². The molecule has 4 heteroatoms. The van der Waals surface area contributed by atoms with E-state index in [9.17, 15) is 0 Å². The van der Waals surface area contributed by atoms with Gasteiger partial charge in [-0.05, 0) is 25.7 Å². The third kappa shape index (κ3) is 1.76. The van der Waals surface area contributed by atoms with Crippen molar-refractivity contribution in [3.63, 3.8) is 0 Å². The molecule has 16 heavy (non-hydrogen) atoms. The van der Waals surface area contributed by atoms with Crippen LogP contribution in [0, 0.1) is 0 Å². The van der Waals surface area contributed by atoms with Crippen LogP contribution in [0.3, 0.4) is 0 Å². The van der Waals surface area contributed by atoms with Crippen LogP contribution in [0.15, 0.2) is 6.33 Å². The molecule has 0 aliphatic carbocycles. The molecule has 2 aliphatic rings. The number of fused-ring (bicyclic) bond motifs is 1. The van der Waals surface area contributed by atoms with Gasteiger partial charge in [0.05, 0.1) is 12.0 Å². The zero-order chi connectivity index (χ0) is 11.0. The molecule has 3 rings (SSSR count). The number of ether oxygens (including phenoxy) is 1. The predicted molar refractivity (Wildman–Crippen MR) is 61.3 cm³/mol. The number of aromatic nitrogens is 2. The normalized spacial score (nSPS) is 26.7. The molecule has 3 heterocycles. The second kappa shape index (κ2) is 4.18. The topological polar surface area (TPSA) is 53.1 Å². The average molecular weight is 221 g/mol. The van der Waals surface area contributed by atoms with Gasteiger partial charge in [0.2, 0.25) is 0 Å². The zero-order valence-corrected chi connectivity index (χ0v) is 9.56. The molecule has 1 aromatic heterocycles. The molecule has 88 valence electrons. The number of nitrogens with zero attached hydrogens (tertiary/aromatic N) is 2. The molecule has 1 saturated heterocycles. The molecular formula is C12H19N3O. The summed E-state index contributed by atoms with van der Waals surface area (Å²) in [6.07, 6.45) is 6.40. The summed E-state index contributed by atoms with van der Waals surface area (Å²) in [6.45, 7) is 2.71. The third-order valence-electron chi connectivity index (χ3n) is 3.77. The Bertz CT molecular complexity index is 368. The monoisotopic (exact) mass is 221 g/mol. The van der Waals surface area contributed by atoms with Crippen LogP contribution in [-0.2, 0) is 17.7 Å². The van der Waals surface area contributed by atoms with Gasteiger partial charge in [-0.15, -0.1) is 0 Å². The maximum Gasteiger partial charge on any atom is 0.0952 e. The van der Waals surface area contributed by atoms with Gasteiger partial charge in [-0.25, -0.2) is 4.98 Å². The predicted octanol–water partition coefficient (Wildman–Crippen LogP) is 1.05. The molecule has 1 fully saturated rings. The van der Waals surface area contributed by atoms with Gasteiger partial charge >= 0.3 is 0 Å². The van der Waals surface area contributed by atoms with Crippen LogP contribution in [0.2, 0.25) is 0 Å². The molecule has 4 nitrogen and oxygen atoms in total. The van der Waals surface area contributed by atoms with Gasteiger partial charge in [-0.3, -0.25) is 0 Å². The van der Waals surface area contributed by atoms with Crippen molar-refractivity contribution in [1.82, 2.24) is 9.55 Å². The lowest BCUT2D eigenvalue weighted by Crippen LogP contribution is -2.32. The highest BCUT2D eigenvalue weighted by molar-refractivity contribution is 5.20. The van der Waals surface area contributed by atoms with E-state index in [1.807, 2.05) is 6.33 Å². The summed E-state index contributed by atoms with van der Waals surface area (Å²) in [5, 5.41) is 0. The first kappa shape index (κ1) is 10.3. The van der Waals surface area contributed by atoms with Crippen molar-refractivity contribution in [3.8, 4) is 0 Å². The second-order valence-corrected chi connectivity index (χ2v) is 4.91. The lowest BCUT2D eigenvalue weighted by atomic mass is 9.92. The fourth-order valence-corrected chi connectivity index (χ4v) is 2.83. The van der Waals surface area contributed by atoms with Crippen LogP contribution < -0.4 is 5.73 Å². The summed E-state index contributed by atoms with van der Waals surface area (Å²) >= 11 is 0. The molecule has 2 aliphatic heterocycles. The van der Waals surface area contributed by atoms with E-state index < -0.39 is 0 Å². The van der Waals surface area contributed by atoms with Crippen LogP contribution in [0.4, 0.5) is 0 Å². The number of nitrogens with two attached hydrogens (primary N) is 1. The Morgan fingerprint density at radius 1 is 1.31 bits per heavy atom. The SMILES string of the molecule is NC1CCc2c(C3CCOCC3)ncn2C1. The Morgan fingerprint density at radius 3 is 2.94 bits per heavy atom. The summed E-state index contributed by atoms with van der Waals surface area (Å²) in [4.78, 5) is 4.61. The Morgan fingerprint density at radius 2 is 2.12 bits per heavy atom. The number of hydrogen-bond acceptors (Lipinski definition) is 3. The van der Waals surface area contributed by atoms with Crippen LogP contribution in [0.25, 0.3) is 0 Å².